The lowest BCUT2D eigenvalue weighted by atomic mass is 10.2. The van der Waals surface area contributed by atoms with Crippen LogP contribution in [0.15, 0.2) is 0 Å². The van der Waals surface area contributed by atoms with Crippen LogP contribution in [0.1, 0.15) is 38.5 Å². The molecule has 0 aromatic heterocycles. The summed E-state index contributed by atoms with van der Waals surface area (Å²) in [4.78, 5) is 0. The highest BCUT2D eigenvalue weighted by Gasteiger charge is 2.08. The van der Waals surface area contributed by atoms with Crippen LogP contribution in [-0.2, 0) is 10.4 Å². The van der Waals surface area contributed by atoms with Crippen molar-refractivity contribution in [3.63, 3.8) is 0 Å². The normalized spacial score (nSPS) is 18.0. The quantitative estimate of drug-likeness (QED) is 0.160. The molecule has 2 aliphatic rings. The van der Waals surface area contributed by atoms with E-state index in [2.05, 4.69) is 0 Å². The molecular formula is C12H28N6O4S. The first-order valence-corrected chi connectivity index (χ1v) is 8.87. The summed E-state index contributed by atoms with van der Waals surface area (Å²) in [6.07, 6.45) is 7.58. The van der Waals surface area contributed by atoms with Gasteiger partial charge in [-0.05, 0) is 38.5 Å². The Labute approximate surface area is 137 Å². The van der Waals surface area contributed by atoms with E-state index in [9.17, 15) is 0 Å². The molecule has 0 aromatic carbocycles. The van der Waals surface area contributed by atoms with Crippen LogP contribution in [0.3, 0.4) is 0 Å². The molecule has 2 rings (SSSR count). The maximum absolute atomic E-state index is 8.52. The van der Waals surface area contributed by atoms with Crippen molar-refractivity contribution in [3.8, 4) is 0 Å². The minimum Gasteiger partial charge on any atom is -0.759 e. The summed E-state index contributed by atoms with van der Waals surface area (Å²) in [5.74, 6) is 0.962. The van der Waals surface area contributed by atoms with Crippen LogP contribution in [0.5, 0.6) is 0 Å². The van der Waals surface area contributed by atoms with Crippen molar-refractivity contribution in [1.29, 1.82) is 0 Å². The lowest BCUT2D eigenvalue weighted by Crippen LogP contribution is -2.38. The largest absolute Gasteiger partial charge is 0.759 e. The van der Waals surface area contributed by atoms with Gasteiger partial charge in [0.05, 0.1) is 26.2 Å². The molecule has 0 unspecified atom stereocenters. The molecule has 0 bridgehead atoms. The van der Waals surface area contributed by atoms with Gasteiger partial charge in [0.15, 0.2) is 0 Å². The average Bonchev–Trinajstić information content (AvgIpc) is 2.48. The van der Waals surface area contributed by atoms with E-state index in [-0.39, 0.29) is 0 Å². The number of guanidine groups is 2. The molecule has 23 heavy (non-hydrogen) atoms. The predicted molar refractivity (Wildman–Crippen MR) is 84.9 cm³/mol. The number of hydrogen-bond acceptors (Lipinski definition) is 4. The first-order chi connectivity index (χ1) is 10.6. The summed E-state index contributed by atoms with van der Waals surface area (Å²) >= 11 is 0. The van der Waals surface area contributed by atoms with Gasteiger partial charge < -0.3 is 9.11 Å². The van der Waals surface area contributed by atoms with Crippen LogP contribution in [0.4, 0.5) is 0 Å². The van der Waals surface area contributed by atoms with Crippen molar-refractivity contribution in [2.24, 2.45) is 22.9 Å². The van der Waals surface area contributed by atoms with Crippen LogP contribution in [0, 0.1) is 0 Å². The molecule has 2 aliphatic heterocycles. The third kappa shape index (κ3) is 13.8. The number of nitrogens with zero attached hydrogens (tertiary/aromatic N) is 2. The predicted octanol–water partition coefficient (Wildman–Crippen LogP) is -2.43. The summed E-state index contributed by atoms with van der Waals surface area (Å²) < 4.78 is 38.1. The van der Waals surface area contributed by atoms with Gasteiger partial charge in [0.25, 0.3) is 0 Å². The van der Waals surface area contributed by atoms with Crippen molar-refractivity contribution in [3.05, 3.63) is 0 Å². The second kappa shape index (κ2) is 11.0. The lowest BCUT2D eigenvalue weighted by molar-refractivity contribution is -0.539. The molecular weight excluding hydrogens is 324 g/mol. The Balaban J connectivity index is 0.000000332. The van der Waals surface area contributed by atoms with Crippen LogP contribution < -0.4 is 22.9 Å². The van der Waals surface area contributed by atoms with Crippen LogP contribution in [0.25, 0.3) is 0 Å². The molecule has 0 saturated carbocycles. The van der Waals surface area contributed by atoms with Crippen molar-refractivity contribution >= 4 is 22.3 Å². The zero-order chi connectivity index (χ0) is 17.9. The molecule has 2 saturated heterocycles. The van der Waals surface area contributed by atoms with E-state index in [0.29, 0.717) is 11.9 Å². The molecule has 0 atom stereocenters. The van der Waals surface area contributed by atoms with Crippen molar-refractivity contribution in [1.82, 2.24) is 0 Å². The zero-order valence-corrected chi connectivity index (χ0v) is 14.1. The summed E-state index contributed by atoms with van der Waals surface area (Å²) in [5, 5.41) is 0. The van der Waals surface area contributed by atoms with Gasteiger partial charge in [-0.25, -0.2) is 0 Å². The van der Waals surface area contributed by atoms with Crippen molar-refractivity contribution < 1.29 is 26.7 Å². The van der Waals surface area contributed by atoms with Gasteiger partial charge in [0.2, 0.25) is 0 Å². The van der Waals surface area contributed by atoms with E-state index in [1.807, 2.05) is 9.15 Å². The Morgan fingerprint density at radius 3 is 1.00 bits per heavy atom. The lowest BCUT2D eigenvalue weighted by Gasteiger charge is -2.13. The summed E-state index contributed by atoms with van der Waals surface area (Å²) in [6, 6.07) is 0. The van der Waals surface area contributed by atoms with Crippen LogP contribution in [0.2, 0.25) is 0 Å². The average molecular weight is 352 g/mol. The molecule has 0 spiro atoms. The van der Waals surface area contributed by atoms with Gasteiger partial charge >= 0.3 is 11.9 Å². The number of nitrogens with two attached hydrogens (primary N) is 4. The van der Waals surface area contributed by atoms with E-state index >= 15 is 0 Å². The summed E-state index contributed by atoms with van der Waals surface area (Å²) in [6.45, 7) is 4.18. The topological polar surface area (TPSA) is 190 Å². The molecule has 10 nitrogen and oxygen atoms in total. The monoisotopic (exact) mass is 352 g/mol. The second-order valence-electron chi connectivity index (χ2n) is 5.35. The standard InChI is InChI=1S/2C6H13N3.H2O4S/c2*7-6(8)9-4-2-1-3-5-9;1-5(2,3)4/h2*1-5H2,(H3,7,8);(H2,1,2,3,4). The third-order valence-corrected chi connectivity index (χ3v) is 3.44. The van der Waals surface area contributed by atoms with Gasteiger partial charge in [0, 0.05) is 10.4 Å². The van der Waals surface area contributed by atoms with Crippen molar-refractivity contribution in [2.45, 2.75) is 38.5 Å². The summed E-state index contributed by atoms with van der Waals surface area (Å²) in [5.41, 5.74) is 21.6. The fourth-order valence-electron chi connectivity index (χ4n) is 2.30. The Bertz CT molecular complexity index is 454. The highest BCUT2D eigenvalue weighted by molar-refractivity contribution is 7.79. The van der Waals surface area contributed by atoms with Gasteiger partial charge in [-0.3, -0.25) is 40.5 Å². The molecule has 0 aromatic rings. The Kier molecular flexibility index (Phi) is 10.3. The Morgan fingerprint density at radius 2 is 0.870 bits per heavy atom. The molecule has 0 radical (unpaired) electrons. The third-order valence-electron chi connectivity index (χ3n) is 3.44. The van der Waals surface area contributed by atoms with E-state index in [1.165, 1.54) is 38.5 Å². The zero-order valence-electron chi connectivity index (χ0n) is 13.3. The first kappa shape index (κ1) is 21.4. The maximum atomic E-state index is 8.52. The van der Waals surface area contributed by atoms with Crippen molar-refractivity contribution in [2.75, 3.05) is 26.2 Å². The van der Waals surface area contributed by atoms with E-state index in [4.69, 9.17) is 40.5 Å². The molecule has 2 heterocycles. The molecule has 0 amide bonds. The number of piperidine rings is 2. The number of rotatable bonds is 0. The van der Waals surface area contributed by atoms with Crippen LogP contribution in [-0.4, -0.2) is 64.8 Å². The van der Waals surface area contributed by atoms with E-state index in [1.54, 1.807) is 0 Å². The smallest absolute Gasteiger partial charge is 0.341 e. The highest BCUT2D eigenvalue weighted by atomic mass is 32.3. The fraction of sp³-hybridized carbons (Fsp3) is 0.833. The van der Waals surface area contributed by atoms with Crippen LogP contribution >= 0.6 is 0 Å². The van der Waals surface area contributed by atoms with E-state index in [0.717, 1.165) is 26.2 Å². The summed E-state index contributed by atoms with van der Waals surface area (Å²) in [7, 11) is -5.17. The van der Waals surface area contributed by atoms with Gasteiger partial charge in [-0.15, -0.1) is 0 Å². The molecule has 2 fully saturated rings. The Morgan fingerprint density at radius 1 is 0.652 bits per heavy atom. The molecule has 11 heteroatoms. The molecule has 8 N–H and O–H groups in total. The Hall–Kier alpha value is -1.59. The van der Waals surface area contributed by atoms with E-state index < -0.39 is 10.4 Å². The fourth-order valence-corrected chi connectivity index (χ4v) is 2.30. The van der Waals surface area contributed by atoms with Gasteiger partial charge in [-0.1, -0.05) is 0 Å². The molecule has 0 aliphatic carbocycles. The molecule has 136 valence electrons. The second-order valence-corrected chi connectivity index (χ2v) is 6.17. The SMILES string of the molecule is NC(N)=[N+]1CCCCC1.NC(N)=[N+]1CCCCC1.O=S(=O)([O-])[O-]. The maximum Gasteiger partial charge on any atom is 0.341 e. The minimum absolute atomic E-state index is 0.481. The van der Waals surface area contributed by atoms with Gasteiger partial charge in [0.1, 0.15) is 0 Å². The van der Waals surface area contributed by atoms with Gasteiger partial charge in [-0.2, -0.15) is 0 Å². The number of hydrogen-bond donors (Lipinski definition) is 4. The first-order valence-electron chi connectivity index (χ1n) is 7.53. The minimum atomic E-state index is -5.17. The highest BCUT2D eigenvalue weighted by Crippen LogP contribution is 2.03.